The van der Waals surface area contributed by atoms with Gasteiger partial charge in [0, 0.05) is 55.1 Å². The molecule has 1 aliphatic rings. The van der Waals surface area contributed by atoms with E-state index in [1.165, 1.54) is 11.3 Å². The average molecular weight is 439 g/mol. The predicted octanol–water partition coefficient (Wildman–Crippen LogP) is 2.83. The number of hydrogen-bond donors (Lipinski definition) is 1. The van der Waals surface area contributed by atoms with Crippen LogP contribution in [0.3, 0.4) is 0 Å². The first-order valence-electron chi connectivity index (χ1n) is 10.4. The molecule has 0 saturated heterocycles. The van der Waals surface area contributed by atoms with Crippen molar-refractivity contribution in [2.24, 2.45) is 5.92 Å². The van der Waals surface area contributed by atoms with Gasteiger partial charge in [0.2, 0.25) is 0 Å². The van der Waals surface area contributed by atoms with Gasteiger partial charge in [-0.1, -0.05) is 19.9 Å². The highest BCUT2D eigenvalue weighted by atomic mass is 32.1. The molecule has 3 aromatic rings. The maximum Gasteiger partial charge on any atom is 0.273 e. The van der Waals surface area contributed by atoms with Crippen LogP contribution in [0.2, 0.25) is 0 Å². The third kappa shape index (κ3) is 4.66. The Hall–Kier alpha value is -3.07. The summed E-state index contributed by atoms with van der Waals surface area (Å²) in [6.45, 7) is 8.19. The summed E-state index contributed by atoms with van der Waals surface area (Å²) >= 11 is 1.46. The minimum Gasteiger partial charge on any atom is -0.346 e. The van der Waals surface area contributed by atoms with Gasteiger partial charge >= 0.3 is 0 Å². The second kappa shape index (κ2) is 8.97. The lowest BCUT2D eigenvalue weighted by molar-refractivity contribution is 0.0725. The van der Waals surface area contributed by atoms with Gasteiger partial charge in [0.1, 0.15) is 5.69 Å². The summed E-state index contributed by atoms with van der Waals surface area (Å²) in [5, 5.41) is 10.2. The van der Waals surface area contributed by atoms with Crippen LogP contribution in [-0.4, -0.2) is 43.0 Å². The number of rotatable bonds is 6. The molecule has 0 atom stereocenters. The molecule has 0 aromatic carbocycles. The Morgan fingerprint density at radius 1 is 1.32 bits per heavy atom. The van der Waals surface area contributed by atoms with Crippen molar-refractivity contribution in [2.45, 2.75) is 46.8 Å². The van der Waals surface area contributed by atoms with Crippen molar-refractivity contribution in [3.05, 3.63) is 63.1 Å². The molecular weight excluding hydrogens is 412 g/mol. The number of nitrogens with zero attached hydrogens (tertiary/aromatic N) is 5. The smallest absolute Gasteiger partial charge is 0.273 e. The van der Waals surface area contributed by atoms with Crippen LogP contribution in [0.15, 0.2) is 29.9 Å². The molecule has 4 rings (SSSR count). The van der Waals surface area contributed by atoms with Crippen molar-refractivity contribution in [1.82, 2.24) is 30.0 Å². The van der Waals surface area contributed by atoms with E-state index in [2.05, 4.69) is 34.2 Å². The summed E-state index contributed by atoms with van der Waals surface area (Å²) in [5.74, 6) is 0.0580. The van der Waals surface area contributed by atoms with E-state index in [-0.39, 0.29) is 11.8 Å². The number of aryl methyl sites for hydroxylation is 1. The van der Waals surface area contributed by atoms with Crippen molar-refractivity contribution in [3.8, 4) is 0 Å². The Bertz CT molecular complexity index is 1090. The number of aromatic nitrogens is 4. The van der Waals surface area contributed by atoms with Gasteiger partial charge in [-0.3, -0.25) is 19.3 Å². The van der Waals surface area contributed by atoms with Crippen LogP contribution >= 0.6 is 11.3 Å². The predicted molar refractivity (Wildman–Crippen MR) is 118 cm³/mol. The highest BCUT2D eigenvalue weighted by Crippen LogP contribution is 2.25. The fraction of sp³-hybridized carbons (Fsp3) is 0.409. The fourth-order valence-corrected chi connectivity index (χ4v) is 4.32. The third-order valence-corrected chi connectivity index (χ3v) is 5.96. The molecule has 0 saturated carbocycles. The highest BCUT2D eigenvalue weighted by molar-refractivity contribution is 7.09. The van der Waals surface area contributed by atoms with E-state index in [4.69, 9.17) is 0 Å². The lowest BCUT2D eigenvalue weighted by Gasteiger charge is -2.27. The van der Waals surface area contributed by atoms with Crippen LogP contribution in [0, 0.1) is 12.8 Å². The van der Waals surface area contributed by atoms with Crippen LogP contribution in [0.4, 0.5) is 0 Å². The number of pyridine rings is 1. The molecule has 1 aliphatic heterocycles. The first-order chi connectivity index (χ1) is 14.9. The normalized spacial score (nSPS) is 13.4. The van der Waals surface area contributed by atoms with Gasteiger partial charge in [0.05, 0.1) is 11.6 Å². The number of amides is 2. The van der Waals surface area contributed by atoms with Gasteiger partial charge in [0.25, 0.3) is 11.8 Å². The maximum absolute atomic E-state index is 13.0. The van der Waals surface area contributed by atoms with Gasteiger partial charge in [-0.25, -0.2) is 4.98 Å². The van der Waals surface area contributed by atoms with Crippen LogP contribution in [0.1, 0.15) is 56.7 Å². The summed E-state index contributed by atoms with van der Waals surface area (Å²) in [6.07, 6.45) is 4.09. The zero-order valence-electron chi connectivity index (χ0n) is 18.0. The summed E-state index contributed by atoms with van der Waals surface area (Å²) in [7, 11) is 0. The largest absolute Gasteiger partial charge is 0.346 e. The van der Waals surface area contributed by atoms with E-state index >= 15 is 0 Å². The van der Waals surface area contributed by atoms with Crippen LogP contribution < -0.4 is 5.32 Å². The summed E-state index contributed by atoms with van der Waals surface area (Å²) in [6, 6.07) is 3.75. The van der Waals surface area contributed by atoms with Crippen molar-refractivity contribution < 1.29 is 9.59 Å². The van der Waals surface area contributed by atoms with E-state index in [1.807, 2.05) is 23.7 Å². The molecule has 0 aliphatic carbocycles. The molecule has 0 bridgehead atoms. The maximum atomic E-state index is 13.0. The zero-order chi connectivity index (χ0) is 22.0. The van der Waals surface area contributed by atoms with Crippen LogP contribution in [0.25, 0.3) is 0 Å². The third-order valence-electron chi connectivity index (χ3n) is 5.19. The van der Waals surface area contributed by atoms with E-state index in [9.17, 15) is 9.59 Å². The Labute approximate surface area is 185 Å². The molecule has 0 fully saturated rings. The molecule has 162 valence electrons. The Morgan fingerprint density at radius 3 is 2.84 bits per heavy atom. The second-order valence-corrected chi connectivity index (χ2v) is 9.18. The Kier molecular flexibility index (Phi) is 6.13. The van der Waals surface area contributed by atoms with E-state index < -0.39 is 0 Å². The number of nitrogens with one attached hydrogen (secondary N) is 1. The summed E-state index contributed by atoms with van der Waals surface area (Å²) in [5.41, 5.74) is 3.64. The van der Waals surface area contributed by atoms with Gasteiger partial charge in [-0.15, -0.1) is 11.3 Å². The quantitative estimate of drug-likeness (QED) is 0.639. The number of carbonyl (C=O) groups is 2. The van der Waals surface area contributed by atoms with Crippen LogP contribution in [-0.2, 0) is 26.1 Å². The number of hydrogen-bond acceptors (Lipinski definition) is 6. The lowest BCUT2D eigenvalue weighted by atomic mass is 10.0. The SMILES string of the molecule is Cc1nc(C(=O)N2CCc3c(c(C(=O)NCc4cccnc4)nn3CC(C)C)C2)cs1. The van der Waals surface area contributed by atoms with Gasteiger partial charge in [-0.05, 0) is 24.5 Å². The van der Waals surface area contributed by atoms with Crippen LogP contribution in [0.5, 0.6) is 0 Å². The van der Waals surface area contributed by atoms with Crippen molar-refractivity contribution in [1.29, 1.82) is 0 Å². The lowest BCUT2D eigenvalue weighted by Crippen LogP contribution is -2.37. The minimum atomic E-state index is -0.235. The second-order valence-electron chi connectivity index (χ2n) is 8.12. The molecule has 31 heavy (non-hydrogen) atoms. The van der Waals surface area contributed by atoms with Crippen molar-refractivity contribution in [2.75, 3.05) is 6.54 Å². The molecule has 1 N–H and O–H groups in total. The molecule has 3 aromatic heterocycles. The van der Waals surface area contributed by atoms with Gasteiger partial charge in [-0.2, -0.15) is 5.10 Å². The zero-order valence-corrected chi connectivity index (χ0v) is 18.8. The molecule has 9 heteroatoms. The first-order valence-corrected chi connectivity index (χ1v) is 11.3. The molecule has 4 heterocycles. The Morgan fingerprint density at radius 2 is 2.16 bits per heavy atom. The van der Waals surface area contributed by atoms with E-state index in [0.717, 1.165) is 28.4 Å². The summed E-state index contributed by atoms with van der Waals surface area (Å²) in [4.78, 5) is 36.1. The van der Waals surface area contributed by atoms with E-state index in [1.54, 1.807) is 22.7 Å². The molecule has 0 spiro atoms. The van der Waals surface area contributed by atoms with Crippen molar-refractivity contribution >= 4 is 23.2 Å². The van der Waals surface area contributed by atoms with Gasteiger partial charge in [0.15, 0.2) is 5.69 Å². The molecular formula is C22H26N6O2S. The summed E-state index contributed by atoms with van der Waals surface area (Å²) < 4.78 is 1.94. The number of thiazole rings is 1. The van der Waals surface area contributed by atoms with Gasteiger partial charge < -0.3 is 10.2 Å². The number of fused-ring (bicyclic) bond motifs is 1. The van der Waals surface area contributed by atoms with Crippen molar-refractivity contribution in [3.63, 3.8) is 0 Å². The molecule has 0 unspecified atom stereocenters. The standard InChI is InChI=1S/C22H26N6O2S/c1-14(2)11-28-19-6-8-27(22(30)18-13-31-15(3)25-18)12-17(19)20(26-28)21(29)24-10-16-5-4-7-23-9-16/h4-5,7,9,13-14H,6,8,10-12H2,1-3H3,(H,24,29). The highest BCUT2D eigenvalue weighted by Gasteiger charge is 2.31. The minimum absolute atomic E-state index is 0.103. The molecule has 8 nitrogen and oxygen atoms in total. The molecule has 2 amide bonds. The fourth-order valence-electron chi connectivity index (χ4n) is 3.74. The van der Waals surface area contributed by atoms with E-state index in [0.29, 0.717) is 43.4 Å². The monoisotopic (exact) mass is 438 g/mol. The molecule has 0 radical (unpaired) electrons. The first kappa shape index (κ1) is 21.2. The number of carbonyl (C=O) groups excluding carboxylic acids is 2. The Balaban J connectivity index is 1.58. The average Bonchev–Trinajstić information content (AvgIpc) is 3.35. The topological polar surface area (TPSA) is 93.0 Å².